The highest BCUT2D eigenvalue weighted by Gasteiger charge is 2.56. The topological polar surface area (TPSA) is 104 Å². The van der Waals surface area contributed by atoms with E-state index in [0.29, 0.717) is 35.4 Å². The number of rotatable bonds is 4. The lowest BCUT2D eigenvalue weighted by Crippen LogP contribution is -2.58. The summed E-state index contributed by atoms with van der Waals surface area (Å²) in [6.07, 6.45) is 6.44. The Bertz CT molecular complexity index is 880. The van der Waals surface area contributed by atoms with Gasteiger partial charge >= 0.3 is 6.09 Å². The first kappa shape index (κ1) is 20.8. The van der Waals surface area contributed by atoms with Crippen LogP contribution < -0.4 is 10.6 Å². The molecule has 0 aromatic carbocycles. The van der Waals surface area contributed by atoms with Crippen LogP contribution in [0.2, 0.25) is 5.02 Å². The van der Waals surface area contributed by atoms with Crippen molar-refractivity contribution in [2.75, 3.05) is 25.5 Å². The molecule has 8 nitrogen and oxygen atoms in total. The Labute approximate surface area is 186 Å². The molecule has 4 saturated carbocycles. The minimum Gasteiger partial charge on any atom is -0.446 e. The van der Waals surface area contributed by atoms with Crippen LogP contribution in [0.4, 0.5) is 10.6 Å². The number of nitrogens with zero attached hydrogens (tertiary/aromatic N) is 2. The molecule has 4 aliphatic carbocycles. The summed E-state index contributed by atoms with van der Waals surface area (Å²) in [7, 11) is 1.56. The van der Waals surface area contributed by atoms with Gasteiger partial charge in [0.05, 0.1) is 16.2 Å². The molecule has 1 aliphatic heterocycles. The normalized spacial score (nSPS) is 35.8. The van der Waals surface area contributed by atoms with Crippen LogP contribution in [0.15, 0.2) is 12.3 Å². The van der Waals surface area contributed by atoms with Crippen molar-refractivity contribution >= 4 is 29.4 Å². The largest absolute Gasteiger partial charge is 0.446 e. The van der Waals surface area contributed by atoms with Gasteiger partial charge in [-0.15, -0.1) is 0 Å². The van der Waals surface area contributed by atoms with Gasteiger partial charge in [-0.25, -0.2) is 9.78 Å². The van der Waals surface area contributed by atoms with E-state index in [9.17, 15) is 14.7 Å². The number of amides is 2. The Hall–Kier alpha value is -2.06. The molecule has 1 saturated heterocycles. The SMILES string of the molecule is CNC(=O)c1cc(Cl)cnc1NC1CCN(C(=O)OC2C3CC4C[C@@H]2CC(O)(C4)C3)C1. The minimum absolute atomic E-state index is 0.0242. The van der Waals surface area contributed by atoms with Crippen LogP contribution in [-0.2, 0) is 4.74 Å². The molecule has 2 heterocycles. The van der Waals surface area contributed by atoms with Gasteiger partial charge in [0.15, 0.2) is 0 Å². The van der Waals surface area contributed by atoms with Crippen molar-refractivity contribution in [1.29, 1.82) is 0 Å². The van der Waals surface area contributed by atoms with Crippen LogP contribution >= 0.6 is 11.6 Å². The second-order valence-electron chi connectivity index (χ2n) is 9.75. The molecule has 168 valence electrons. The fraction of sp³-hybridized carbons (Fsp3) is 0.682. The number of ether oxygens (including phenoxy) is 1. The van der Waals surface area contributed by atoms with Crippen LogP contribution in [0.3, 0.4) is 0 Å². The molecule has 0 radical (unpaired) electrons. The zero-order valence-corrected chi connectivity index (χ0v) is 18.4. The maximum absolute atomic E-state index is 12.9. The molecular weight excluding hydrogens is 420 g/mol. The van der Waals surface area contributed by atoms with Crippen LogP contribution in [0.25, 0.3) is 0 Å². The van der Waals surface area contributed by atoms with Crippen molar-refractivity contribution in [3.63, 3.8) is 0 Å². The summed E-state index contributed by atoms with van der Waals surface area (Å²) in [4.78, 5) is 31.0. The van der Waals surface area contributed by atoms with Crippen molar-refractivity contribution in [2.24, 2.45) is 17.8 Å². The summed E-state index contributed by atoms with van der Waals surface area (Å²) in [6, 6.07) is 1.56. The quantitative estimate of drug-likeness (QED) is 0.654. The average Bonchev–Trinajstić information content (AvgIpc) is 3.19. The number of hydrogen-bond acceptors (Lipinski definition) is 6. The number of pyridine rings is 1. The molecule has 5 aliphatic rings. The lowest BCUT2D eigenvalue weighted by Gasteiger charge is -2.57. The Kier molecular flexibility index (Phi) is 5.25. The van der Waals surface area contributed by atoms with Gasteiger partial charge in [0.2, 0.25) is 0 Å². The van der Waals surface area contributed by atoms with E-state index in [1.165, 1.54) is 6.20 Å². The van der Waals surface area contributed by atoms with Crippen molar-refractivity contribution < 1.29 is 19.4 Å². The van der Waals surface area contributed by atoms with E-state index in [-0.39, 0.29) is 36.0 Å². The van der Waals surface area contributed by atoms with Gasteiger partial charge in [-0.2, -0.15) is 0 Å². The average molecular weight is 449 g/mol. The van der Waals surface area contributed by atoms with Crippen LogP contribution in [0, 0.1) is 17.8 Å². The summed E-state index contributed by atoms with van der Waals surface area (Å²) in [5.74, 6) is 1.34. The van der Waals surface area contributed by atoms with E-state index < -0.39 is 5.60 Å². The second kappa shape index (κ2) is 7.81. The van der Waals surface area contributed by atoms with Gasteiger partial charge in [0, 0.05) is 32.4 Å². The highest BCUT2D eigenvalue weighted by atomic mass is 35.5. The number of likely N-dealkylation sites (tertiary alicyclic amines) is 1. The van der Waals surface area contributed by atoms with Crippen molar-refractivity contribution in [2.45, 2.75) is 56.3 Å². The van der Waals surface area contributed by atoms with Crippen LogP contribution in [0.1, 0.15) is 48.9 Å². The van der Waals surface area contributed by atoms with E-state index in [1.54, 1.807) is 18.0 Å². The van der Waals surface area contributed by atoms with Gasteiger partial charge in [0.25, 0.3) is 5.91 Å². The summed E-state index contributed by atoms with van der Waals surface area (Å²) in [5.41, 5.74) is -0.154. The molecule has 5 fully saturated rings. The lowest BCUT2D eigenvalue weighted by atomic mass is 9.53. The predicted octanol–water partition coefficient (Wildman–Crippen LogP) is 2.66. The molecule has 1 aromatic heterocycles. The van der Waals surface area contributed by atoms with E-state index in [4.69, 9.17) is 16.3 Å². The lowest BCUT2D eigenvalue weighted by molar-refractivity contribution is -0.177. The first-order valence-corrected chi connectivity index (χ1v) is 11.5. The minimum atomic E-state index is -0.532. The maximum atomic E-state index is 12.9. The van der Waals surface area contributed by atoms with Crippen molar-refractivity contribution in [1.82, 2.24) is 15.2 Å². The first-order valence-electron chi connectivity index (χ1n) is 11.2. The zero-order valence-electron chi connectivity index (χ0n) is 17.6. The van der Waals surface area contributed by atoms with Crippen molar-refractivity contribution in [3.8, 4) is 0 Å². The van der Waals surface area contributed by atoms with Gasteiger partial charge in [-0.05, 0) is 62.3 Å². The Balaban J connectivity index is 1.20. The predicted molar refractivity (Wildman–Crippen MR) is 115 cm³/mol. The number of aromatic nitrogens is 1. The van der Waals surface area contributed by atoms with E-state index >= 15 is 0 Å². The number of aliphatic hydroxyl groups is 1. The monoisotopic (exact) mass is 448 g/mol. The molecule has 1 aromatic rings. The zero-order chi connectivity index (χ0) is 21.8. The molecule has 0 spiro atoms. The number of halogens is 1. The molecule has 31 heavy (non-hydrogen) atoms. The molecular formula is C22H29ClN4O4. The van der Waals surface area contributed by atoms with Crippen LogP contribution in [-0.4, -0.2) is 64.9 Å². The maximum Gasteiger partial charge on any atom is 0.410 e. The molecule has 6 atom stereocenters. The molecule has 3 N–H and O–H groups in total. The second-order valence-corrected chi connectivity index (χ2v) is 10.2. The van der Waals surface area contributed by atoms with Gasteiger partial charge in [-0.3, -0.25) is 4.79 Å². The summed E-state index contributed by atoms with van der Waals surface area (Å²) < 4.78 is 6.00. The van der Waals surface area contributed by atoms with E-state index in [2.05, 4.69) is 15.6 Å². The molecule has 4 bridgehead atoms. The number of carbonyl (C=O) groups excluding carboxylic acids is 2. The van der Waals surface area contributed by atoms with E-state index in [1.807, 2.05) is 0 Å². The highest BCUT2D eigenvalue weighted by molar-refractivity contribution is 6.31. The molecule has 9 heteroatoms. The van der Waals surface area contributed by atoms with Gasteiger partial charge < -0.3 is 25.4 Å². The fourth-order valence-electron chi connectivity index (χ4n) is 6.42. The van der Waals surface area contributed by atoms with E-state index in [0.717, 1.165) is 38.5 Å². The standard InChI is InChI=1S/C22H29ClN4O4/c1-24-20(28)17-6-15(23)10-25-19(17)26-16-2-3-27(11-16)21(29)31-18-13-4-12-5-14(18)9-22(30,7-12)8-13/h6,10,12-14,16,18,30H,2-5,7-9,11H2,1H3,(H,24,28)(H,25,26)/t12?,13-,14?,16?,18?,22?/m1/s1. The third-order valence-electron chi connectivity index (χ3n) is 7.50. The Morgan fingerprint density at radius 1 is 1.29 bits per heavy atom. The Morgan fingerprint density at radius 2 is 2.03 bits per heavy atom. The highest BCUT2D eigenvalue weighted by Crippen LogP contribution is 2.56. The summed E-state index contributed by atoms with van der Waals surface area (Å²) in [5, 5.41) is 17.0. The van der Waals surface area contributed by atoms with Gasteiger partial charge in [0.1, 0.15) is 11.9 Å². The molecule has 2 amide bonds. The molecule has 5 unspecified atom stereocenters. The Morgan fingerprint density at radius 3 is 2.71 bits per heavy atom. The third kappa shape index (κ3) is 3.96. The van der Waals surface area contributed by atoms with Crippen LogP contribution in [0.5, 0.6) is 0 Å². The summed E-state index contributed by atoms with van der Waals surface area (Å²) >= 11 is 6.00. The van der Waals surface area contributed by atoms with Crippen molar-refractivity contribution in [3.05, 3.63) is 22.8 Å². The smallest absolute Gasteiger partial charge is 0.410 e. The number of nitrogens with one attached hydrogen (secondary N) is 2. The third-order valence-corrected chi connectivity index (χ3v) is 7.71. The molecule has 6 rings (SSSR count). The number of carbonyl (C=O) groups is 2. The van der Waals surface area contributed by atoms with Gasteiger partial charge in [-0.1, -0.05) is 11.6 Å². The number of anilines is 1. The number of hydrogen-bond donors (Lipinski definition) is 3. The first-order chi connectivity index (χ1) is 14.8. The fourth-order valence-corrected chi connectivity index (χ4v) is 6.58. The summed E-state index contributed by atoms with van der Waals surface area (Å²) in [6.45, 7) is 1.08.